The molecule has 0 bridgehead atoms. The van der Waals surface area contributed by atoms with Gasteiger partial charge in [0, 0.05) is 18.0 Å². The second-order valence-electron chi connectivity index (χ2n) is 6.97. The number of hydrogen-bond donors (Lipinski definition) is 0. The fourth-order valence-electron chi connectivity index (χ4n) is 3.34. The maximum atomic E-state index is 11.3. The lowest BCUT2D eigenvalue weighted by Gasteiger charge is -2.29. The van der Waals surface area contributed by atoms with E-state index in [-0.39, 0.29) is 13.2 Å². The fourth-order valence-corrected chi connectivity index (χ4v) is 3.74. The highest BCUT2D eigenvalue weighted by atomic mass is 32.2. The maximum absolute atomic E-state index is 11.3. The molecule has 0 radical (unpaired) electrons. The van der Waals surface area contributed by atoms with Crippen molar-refractivity contribution in [3.63, 3.8) is 0 Å². The van der Waals surface area contributed by atoms with Gasteiger partial charge in [-0.05, 0) is 11.1 Å². The van der Waals surface area contributed by atoms with E-state index < -0.39 is 22.0 Å². The largest absolute Gasteiger partial charge is 0.342 e. The van der Waals surface area contributed by atoms with Gasteiger partial charge in [-0.25, -0.2) is 4.98 Å². The number of imidazole rings is 1. The van der Waals surface area contributed by atoms with Gasteiger partial charge < -0.3 is 14.0 Å². The second-order valence-corrected chi connectivity index (χ2v) is 8.61. The van der Waals surface area contributed by atoms with Crippen LogP contribution >= 0.6 is 0 Å². The van der Waals surface area contributed by atoms with E-state index in [1.807, 2.05) is 53.2 Å². The number of ether oxygens (including phenoxy) is 2. The Kier molecular flexibility index (Phi) is 5.51. The van der Waals surface area contributed by atoms with Gasteiger partial charge in [0.1, 0.15) is 6.10 Å². The van der Waals surface area contributed by atoms with Crippen molar-refractivity contribution < 1.29 is 22.1 Å². The Bertz CT molecular complexity index is 1040. The molecule has 0 spiro atoms. The molecule has 0 saturated carbocycles. The average Bonchev–Trinajstić information content (AvgIpc) is 3.38. The Balaban J connectivity index is 1.59. The monoisotopic (exact) mass is 414 g/mol. The Labute approximate surface area is 170 Å². The summed E-state index contributed by atoms with van der Waals surface area (Å²) in [7, 11) is -3.55. The third-order valence-electron chi connectivity index (χ3n) is 4.71. The third kappa shape index (κ3) is 4.73. The molecule has 2 atom stereocenters. The quantitative estimate of drug-likeness (QED) is 0.553. The molecular formula is C21H22N2O5S. The number of nitrogens with zero attached hydrogens (tertiary/aromatic N) is 2. The molecule has 8 heteroatoms. The predicted molar refractivity (Wildman–Crippen MR) is 107 cm³/mol. The van der Waals surface area contributed by atoms with Gasteiger partial charge in [0.25, 0.3) is 10.1 Å². The van der Waals surface area contributed by atoms with Crippen LogP contribution < -0.4 is 0 Å². The van der Waals surface area contributed by atoms with E-state index in [0.717, 1.165) is 22.9 Å². The molecule has 2 aromatic carbocycles. The molecule has 0 aliphatic carbocycles. The number of benzene rings is 2. The van der Waals surface area contributed by atoms with Gasteiger partial charge in [0.2, 0.25) is 5.79 Å². The summed E-state index contributed by atoms with van der Waals surface area (Å²) in [6, 6.07) is 18.1. The fraction of sp³-hybridized carbons (Fsp3) is 0.286. The van der Waals surface area contributed by atoms with Gasteiger partial charge >= 0.3 is 0 Å². The lowest BCUT2D eigenvalue weighted by Crippen LogP contribution is -2.34. The van der Waals surface area contributed by atoms with E-state index in [9.17, 15) is 8.42 Å². The average molecular weight is 414 g/mol. The summed E-state index contributed by atoms with van der Waals surface area (Å²) in [4.78, 5) is 4.08. The van der Waals surface area contributed by atoms with Crippen molar-refractivity contribution in [1.82, 2.24) is 9.55 Å². The van der Waals surface area contributed by atoms with Crippen molar-refractivity contribution in [2.24, 2.45) is 0 Å². The van der Waals surface area contributed by atoms with Crippen molar-refractivity contribution in [3.05, 3.63) is 78.9 Å². The summed E-state index contributed by atoms with van der Waals surface area (Å²) in [6.07, 6.45) is 5.72. The van der Waals surface area contributed by atoms with Crippen LogP contribution in [0.4, 0.5) is 0 Å². The molecule has 1 aliphatic heterocycles. The molecule has 2 unspecified atom stereocenters. The highest BCUT2D eigenvalue weighted by Gasteiger charge is 2.44. The molecule has 4 rings (SSSR count). The van der Waals surface area contributed by atoms with Crippen LogP contribution in [0.15, 0.2) is 73.3 Å². The van der Waals surface area contributed by atoms with E-state index in [1.54, 1.807) is 12.5 Å². The van der Waals surface area contributed by atoms with Gasteiger partial charge in [0.15, 0.2) is 0 Å². The molecule has 7 nitrogen and oxygen atoms in total. The van der Waals surface area contributed by atoms with Gasteiger partial charge in [-0.15, -0.1) is 0 Å². The topological polar surface area (TPSA) is 79.7 Å². The zero-order valence-corrected chi connectivity index (χ0v) is 16.8. The van der Waals surface area contributed by atoms with E-state index in [0.29, 0.717) is 6.54 Å². The summed E-state index contributed by atoms with van der Waals surface area (Å²) >= 11 is 0. The van der Waals surface area contributed by atoms with E-state index in [4.69, 9.17) is 13.7 Å². The minimum absolute atomic E-state index is 0.0907. The van der Waals surface area contributed by atoms with Gasteiger partial charge in [-0.2, -0.15) is 8.42 Å². The number of rotatable bonds is 7. The molecule has 3 aromatic rings. The molecule has 152 valence electrons. The molecule has 1 fully saturated rings. The third-order valence-corrected chi connectivity index (χ3v) is 5.27. The smallest absolute Gasteiger partial charge is 0.264 e. The van der Waals surface area contributed by atoms with Crippen molar-refractivity contribution in [2.75, 3.05) is 19.5 Å². The van der Waals surface area contributed by atoms with Crippen LogP contribution in [0.25, 0.3) is 11.1 Å². The van der Waals surface area contributed by atoms with Gasteiger partial charge in [-0.3, -0.25) is 4.18 Å². The van der Waals surface area contributed by atoms with Crippen LogP contribution in [0.3, 0.4) is 0 Å². The van der Waals surface area contributed by atoms with Crippen LogP contribution in [-0.2, 0) is 36.1 Å². The van der Waals surface area contributed by atoms with Crippen molar-refractivity contribution in [1.29, 1.82) is 0 Å². The normalized spacial score (nSPS) is 22.0. The number of hydrogen-bond acceptors (Lipinski definition) is 6. The van der Waals surface area contributed by atoms with Crippen LogP contribution in [0.1, 0.15) is 5.56 Å². The molecule has 0 N–H and O–H groups in total. The Morgan fingerprint density at radius 1 is 1.14 bits per heavy atom. The predicted octanol–water partition coefficient (Wildman–Crippen LogP) is 2.79. The second kappa shape index (κ2) is 8.08. The van der Waals surface area contributed by atoms with Crippen molar-refractivity contribution in [2.45, 2.75) is 18.4 Å². The highest BCUT2D eigenvalue weighted by molar-refractivity contribution is 7.85. The molecule has 1 aromatic heterocycles. The van der Waals surface area contributed by atoms with Crippen LogP contribution in [0, 0.1) is 0 Å². The van der Waals surface area contributed by atoms with Gasteiger partial charge in [0.05, 0.1) is 32.3 Å². The lowest BCUT2D eigenvalue weighted by atomic mass is 10.00. The first kappa shape index (κ1) is 19.8. The molecule has 1 saturated heterocycles. The SMILES string of the molecule is CS(=O)(=O)OCC1COC(Cn2ccnc2)(c2ccc(-c3ccccc3)cc2)O1. The minimum Gasteiger partial charge on any atom is -0.342 e. The first-order chi connectivity index (χ1) is 13.9. The Hall–Kier alpha value is -2.52. The summed E-state index contributed by atoms with van der Waals surface area (Å²) in [5.74, 6) is -1.05. The summed E-state index contributed by atoms with van der Waals surface area (Å²) in [6.45, 7) is 0.518. The van der Waals surface area contributed by atoms with Crippen LogP contribution in [-0.4, -0.2) is 43.5 Å². The summed E-state index contributed by atoms with van der Waals surface area (Å²) < 4.78 is 41.7. The van der Waals surface area contributed by atoms with Crippen LogP contribution in [0.5, 0.6) is 0 Å². The lowest BCUT2D eigenvalue weighted by molar-refractivity contribution is -0.189. The van der Waals surface area contributed by atoms with Crippen LogP contribution in [0.2, 0.25) is 0 Å². The molecular weight excluding hydrogens is 392 g/mol. The van der Waals surface area contributed by atoms with E-state index in [1.165, 1.54) is 0 Å². The molecule has 29 heavy (non-hydrogen) atoms. The zero-order valence-electron chi connectivity index (χ0n) is 16.0. The van der Waals surface area contributed by atoms with E-state index >= 15 is 0 Å². The first-order valence-corrected chi connectivity index (χ1v) is 11.0. The van der Waals surface area contributed by atoms with Crippen molar-refractivity contribution >= 4 is 10.1 Å². The highest BCUT2D eigenvalue weighted by Crippen LogP contribution is 2.37. The standard InChI is InChI=1S/C21H22N2O5S/c1-29(24,25)27-14-20-13-26-21(28-20,15-23-12-11-22-16-23)19-9-7-18(8-10-19)17-5-3-2-4-6-17/h2-12,16,20H,13-15H2,1H3. The summed E-state index contributed by atoms with van der Waals surface area (Å²) in [5, 5.41) is 0. The maximum Gasteiger partial charge on any atom is 0.264 e. The molecule has 1 aliphatic rings. The first-order valence-electron chi connectivity index (χ1n) is 9.21. The number of aromatic nitrogens is 2. The zero-order chi connectivity index (χ0) is 20.3. The Morgan fingerprint density at radius 3 is 2.52 bits per heavy atom. The molecule has 0 amide bonds. The minimum atomic E-state index is -3.55. The summed E-state index contributed by atoms with van der Waals surface area (Å²) in [5.41, 5.74) is 3.05. The Morgan fingerprint density at radius 2 is 1.86 bits per heavy atom. The van der Waals surface area contributed by atoms with E-state index in [2.05, 4.69) is 17.1 Å². The van der Waals surface area contributed by atoms with Crippen molar-refractivity contribution in [3.8, 4) is 11.1 Å². The molecule has 2 heterocycles. The van der Waals surface area contributed by atoms with Gasteiger partial charge in [-0.1, -0.05) is 54.6 Å².